The average Bonchev–Trinajstić information content (AvgIpc) is 3.03. The number of hydrogen-bond acceptors (Lipinski definition) is 3. The Kier molecular flexibility index (Phi) is 7.50. The van der Waals surface area contributed by atoms with Crippen molar-refractivity contribution in [3.8, 4) is 0 Å². The number of fused-ring (bicyclic) bond motifs is 1. The highest BCUT2D eigenvalue weighted by atomic mass is 16.3. The molecule has 0 spiro atoms. The van der Waals surface area contributed by atoms with Gasteiger partial charge >= 0.3 is 0 Å². The minimum atomic E-state index is -0.773. The third-order valence-electron chi connectivity index (χ3n) is 7.97. The fraction of sp³-hybridized carbons (Fsp3) is 0.643. The summed E-state index contributed by atoms with van der Waals surface area (Å²) in [7, 11) is 0. The summed E-state index contributed by atoms with van der Waals surface area (Å²) in [4.78, 5) is 0. The van der Waals surface area contributed by atoms with Gasteiger partial charge in [-0.05, 0) is 86.7 Å². The summed E-state index contributed by atoms with van der Waals surface area (Å²) in [5.74, 6) is 1.77. The predicted molar refractivity (Wildman–Crippen MR) is 128 cm³/mol. The molecule has 0 saturated heterocycles. The van der Waals surface area contributed by atoms with Gasteiger partial charge in [-0.25, -0.2) is 0 Å². The van der Waals surface area contributed by atoms with Crippen LogP contribution < -0.4 is 0 Å². The molecule has 0 amide bonds. The van der Waals surface area contributed by atoms with E-state index in [0.29, 0.717) is 36.0 Å². The van der Waals surface area contributed by atoms with Crippen molar-refractivity contribution in [2.45, 2.75) is 90.4 Å². The van der Waals surface area contributed by atoms with E-state index in [4.69, 9.17) is 0 Å². The maximum absolute atomic E-state index is 10.1. The van der Waals surface area contributed by atoms with E-state index in [2.05, 4.69) is 44.7 Å². The summed E-state index contributed by atoms with van der Waals surface area (Å²) in [6.07, 6.45) is 18.6. The molecule has 172 valence electrons. The molecule has 3 saturated carbocycles. The molecule has 0 aromatic heterocycles. The molecule has 0 unspecified atom stereocenters. The lowest BCUT2D eigenvalue weighted by Crippen LogP contribution is -2.35. The van der Waals surface area contributed by atoms with Gasteiger partial charge in [-0.1, -0.05) is 62.5 Å². The van der Waals surface area contributed by atoms with E-state index < -0.39 is 17.8 Å². The molecule has 0 aromatic rings. The zero-order valence-electron chi connectivity index (χ0n) is 19.8. The molecule has 31 heavy (non-hydrogen) atoms. The summed E-state index contributed by atoms with van der Waals surface area (Å²) in [5.41, 5.74) is 2.84. The van der Waals surface area contributed by atoms with E-state index in [-0.39, 0.29) is 0 Å². The zero-order valence-corrected chi connectivity index (χ0v) is 19.8. The number of aliphatic hydroxyl groups excluding tert-OH is 2. The highest BCUT2D eigenvalue weighted by molar-refractivity contribution is 5.38. The third-order valence-corrected chi connectivity index (χ3v) is 7.97. The van der Waals surface area contributed by atoms with E-state index in [0.717, 1.165) is 17.6 Å². The molecule has 6 atom stereocenters. The Bertz CT molecular complexity index is 779. The Morgan fingerprint density at radius 1 is 1.16 bits per heavy atom. The lowest BCUT2D eigenvalue weighted by Gasteiger charge is -2.44. The SMILES string of the molecule is C=C1/C(=C\C=C2/CCC[C@]3(C)[C@@H]([C@H](C)/C=C/C=C/C(C)(C)O)CC[C@@H]23)C[C@@H](O)C[C@@H]1O. The molecule has 3 N–H and O–H groups in total. The van der Waals surface area contributed by atoms with Crippen molar-refractivity contribution >= 4 is 0 Å². The molecule has 3 rings (SSSR count). The minimum absolute atomic E-state index is 0.314. The van der Waals surface area contributed by atoms with Gasteiger partial charge in [-0.2, -0.15) is 0 Å². The maximum Gasteiger partial charge on any atom is 0.0811 e. The molecule has 3 heteroatoms. The standard InChI is InChI=1S/C28H42O3/c1-19(9-6-7-15-27(3,4)31)24-13-14-25-21(10-8-16-28(24,25)5)11-12-22-17-23(29)18-26(30)20(22)2/h6-7,9,11-12,15,19,23-26,29-31H,2,8,10,13-14,16-18H2,1,3-5H3/b9-6+,15-7+,21-11+,22-12-/t19-,23-,24-,25+,26+,28-/m1/s1. The molecule has 0 radical (unpaired) electrons. The third kappa shape index (κ3) is 5.69. The fourth-order valence-corrected chi connectivity index (χ4v) is 6.27. The molecular formula is C28H42O3. The van der Waals surface area contributed by atoms with Gasteiger partial charge in [0, 0.05) is 6.42 Å². The first-order valence-corrected chi connectivity index (χ1v) is 12.0. The van der Waals surface area contributed by atoms with Crippen LogP contribution in [0.1, 0.15) is 72.6 Å². The van der Waals surface area contributed by atoms with Crippen LogP contribution in [-0.2, 0) is 0 Å². The van der Waals surface area contributed by atoms with Gasteiger partial charge in [0.25, 0.3) is 0 Å². The molecule has 3 fully saturated rings. The highest BCUT2D eigenvalue weighted by Crippen LogP contribution is 2.59. The monoisotopic (exact) mass is 426 g/mol. The Morgan fingerprint density at radius 2 is 1.90 bits per heavy atom. The van der Waals surface area contributed by atoms with E-state index in [1.807, 2.05) is 12.2 Å². The average molecular weight is 427 g/mol. The molecule has 0 aromatic carbocycles. The van der Waals surface area contributed by atoms with Crippen molar-refractivity contribution in [3.63, 3.8) is 0 Å². The van der Waals surface area contributed by atoms with Crippen molar-refractivity contribution in [1.82, 2.24) is 0 Å². The maximum atomic E-state index is 10.1. The van der Waals surface area contributed by atoms with Gasteiger partial charge in [0.05, 0.1) is 17.8 Å². The van der Waals surface area contributed by atoms with Crippen LogP contribution in [0.3, 0.4) is 0 Å². The zero-order chi connectivity index (χ0) is 22.8. The van der Waals surface area contributed by atoms with Crippen LogP contribution in [0.5, 0.6) is 0 Å². The van der Waals surface area contributed by atoms with Crippen LogP contribution >= 0.6 is 0 Å². The predicted octanol–water partition coefficient (Wildman–Crippen LogP) is 5.65. The first-order chi connectivity index (χ1) is 14.5. The first kappa shape index (κ1) is 24.2. The smallest absolute Gasteiger partial charge is 0.0811 e. The fourth-order valence-electron chi connectivity index (χ4n) is 6.27. The Labute approximate surface area is 189 Å². The van der Waals surface area contributed by atoms with E-state index in [1.165, 1.54) is 31.3 Å². The van der Waals surface area contributed by atoms with Gasteiger partial charge in [0.2, 0.25) is 0 Å². The lowest BCUT2D eigenvalue weighted by atomic mass is 9.61. The normalized spacial score (nSPS) is 38.5. The first-order valence-electron chi connectivity index (χ1n) is 12.0. The van der Waals surface area contributed by atoms with Gasteiger partial charge < -0.3 is 15.3 Å². The van der Waals surface area contributed by atoms with Crippen LogP contribution in [0.2, 0.25) is 0 Å². The van der Waals surface area contributed by atoms with Crippen molar-refractivity contribution in [1.29, 1.82) is 0 Å². The van der Waals surface area contributed by atoms with Crippen LogP contribution in [0.25, 0.3) is 0 Å². The van der Waals surface area contributed by atoms with Gasteiger partial charge in [-0.15, -0.1) is 0 Å². The number of aliphatic hydroxyl groups is 3. The summed E-state index contributed by atoms with van der Waals surface area (Å²) in [5, 5.41) is 30.0. The quantitative estimate of drug-likeness (QED) is 0.498. The number of allylic oxidation sites excluding steroid dienone is 6. The molecule has 3 aliphatic carbocycles. The second kappa shape index (κ2) is 9.60. The summed E-state index contributed by atoms with van der Waals surface area (Å²) in [6, 6.07) is 0. The van der Waals surface area contributed by atoms with E-state index in [9.17, 15) is 15.3 Å². The Hall–Kier alpha value is -1.42. The Morgan fingerprint density at radius 3 is 2.61 bits per heavy atom. The Balaban J connectivity index is 1.74. The second-order valence-corrected chi connectivity index (χ2v) is 10.9. The van der Waals surface area contributed by atoms with E-state index >= 15 is 0 Å². The van der Waals surface area contributed by atoms with Crippen molar-refractivity contribution in [2.24, 2.45) is 23.2 Å². The van der Waals surface area contributed by atoms with Gasteiger partial charge in [0.15, 0.2) is 0 Å². The van der Waals surface area contributed by atoms with Crippen molar-refractivity contribution in [2.75, 3.05) is 0 Å². The summed E-state index contributed by atoms with van der Waals surface area (Å²) < 4.78 is 0. The molecule has 0 heterocycles. The summed E-state index contributed by atoms with van der Waals surface area (Å²) in [6.45, 7) is 12.5. The van der Waals surface area contributed by atoms with Crippen molar-refractivity contribution in [3.05, 3.63) is 59.8 Å². The molecular weight excluding hydrogens is 384 g/mol. The second-order valence-electron chi connectivity index (χ2n) is 10.9. The topological polar surface area (TPSA) is 60.7 Å². The molecule has 0 aliphatic heterocycles. The lowest BCUT2D eigenvalue weighted by molar-refractivity contribution is 0.0862. The van der Waals surface area contributed by atoms with Gasteiger partial charge in [0.1, 0.15) is 0 Å². The summed E-state index contributed by atoms with van der Waals surface area (Å²) >= 11 is 0. The van der Waals surface area contributed by atoms with Crippen LogP contribution in [0.4, 0.5) is 0 Å². The largest absolute Gasteiger partial charge is 0.393 e. The minimum Gasteiger partial charge on any atom is -0.393 e. The number of hydrogen-bond donors (Lipinski definition) is 3. The highest BCUT2D eigenvalue weighted by Gasteiger charge is 2.50. The number of rotatable bonds is 5. The molecule has 3 nitrogen and oxygen atoms in total. The van der Waals surface area contributed by atoms with E-state index in [1.54, 1.807) is 13.8 Å². The van der Waals surface area contributed by atoms with Crippen LogP contribution in [0, 0.1) is 23.2 Å². The van der Waals surface area contributed by atoms with Gasteiger partial charge in [-0.3, -0.25) is 0 Å². The van der Waals surface area contributed by atoms with Crippen LogP contribution in [0.15, 0.2) is 59.8 Å². The van der Waals surface area contributed by atoms with Crippen LogP contribution in [-0.4, -0.2) is 33.1 Å². The molecule has 3 aliphatic rings. The van der Waals surface area contributed by atoms with Crippen molar-refractivity contribution < 1.29 is 15.3 Å². The molecule has 0 bridgehead atoms.